The number of carbonyl (C=O) groups is 2. The fraction of sp³-hybridized carbons (Fsp3) is 0.300. The predicted molar refractivity (Wildman–Crippen MR) is 108 cm³/mol. The molecule has 0 spiro atoms. The van der Waals surface area contributed by atoms with Crippen molar-refractivity contribution in [3.63, 3.8) is 0 Å². The lowest BCUT2D eigenvalue weighted by molar-refractivity contribution is -0.145. The lowest BCUT2D eigenvalue weighted by Gasteiger charge is -2.07. The van der Waals surface area contributed by atoms with Crippen molar-refractivity contribution in [1.29, 1.82) is 0 Å². The molecule has 0 N–H and O–H groups in total. The van der Waals surface area contributed by atoms with Crippen molar-refractivity contribution in [3.05, 3.63) is 59.7 Å². The summed E-state index contributed by atoms with van der Waals surface area (Å²) in [7, 11) is 0. The molecule has 0 fully saturated rings. The van der Waals surface area contributed by atoms with Crippen LogP contribution in [0.4, 0.5) is 0 Å². The molecule has 0 saturated carbocycles. The summed E-state index contributed by atoms with van der Waals surface area (Å²) >= 11 is 6.43. The molecule has 0 radical (unpaired) electrons. The summed E-state index contributed by atoms with van der Waals surface area (Å²) in [5, 5.41) is 1.22. The van der Waals surface area contributed by atoms with Gasteiger partial charge < -0.3 is 9.47 Å². The average Bonchev–Trinajstić information content (AvgIpc) is 2.66. The molecule has 4 nitrogen and oxygen atoms in total. The van der Waals surface area contributed by atoms with E-state index in [1.165, 1.54) is 0 Å². The molecule has 0 bridgehead atoms. The second-order valence-electron chi connectivity index (χ2n) is 5.59. The van der Waals surface area contributed by atoms with Crippen LogP contribution >= 0.6 is 31.9 Å². The summed E-state index contributed by atoms with van der Waals surface area (Å²) in [4.78, 5) is 22.8. The quantitative estimate of drug-likeness (QED) is 0.371. The number of hydrogen-bond acceptors (Lipinski definition) is 4. The van der Waals surface area contributed by atoms with E-state index in [-0.39, 0.29) is 25.2 Å². The van der Waals surface area contributed by atoms with Crippen molar-refractivity contribution in [3.8, 4) is 11.1 Å². The molecule has 0 aliphatic heterocycles. The van der Waals surface area contributed by atoms with E-state index in [2.05, 4.69) is 31.9 Å². The maximum Gasteiger partial charge on any atom is 0.306 e. The number of carbonyl (C=O) groups excluding carboxylic acids is 2. The molecule has 2 aromatic rings. The largest absolute Gasteiger partial charge is 0.461 e. The number of halogens is 2. The third kappa shape index (κ3) is 6.92. The highest BCUT2D eigenvalue weighted by Crippen LogP contribution is 2.21. The van der Waals surface area contributed by atoms with Gasteiger partial charge in [-0.3, -0.25) is 9.59 Å². The topological polar surface area (TPSA) is 52.6 Å². The Balaban J connectivity index is 1.90. The Morgan fingerprint density at radius 1 is 0.654 bits per heavy atom. The molecule has 2 aromatic carbocycles. The van der Waals surface area contributed by atoms with Gasteiger partial charge in [-0.05, 0) is 22.3 Å². The average molecular weight is 484 g/mol. The number of benzene rings is 2. The summed E-state index contributed by atoms with van der Waals surface area (Å²) in [6, 6.07) is 15.8. The summed E-state index contributed by atoms with van der Waals surface area (Å²) < 4.78 is 10.4. The molecule has 0 atom stereocenters. The third-order valence-electron chi connectivity index (χ3n) is 3.64. The van der Waals surface area contributed by atoms with E-state index in [9.17, 15) is 9.59 Å². The van der Waals surface area contributed by atoms with Crippen molar-refractivity contribution in [1.82, 2.24) is 0 Å². The monoisotopic (exact) mass is 482 g/mol. The summed E-state index contributed by atoms with van der Waals surface area (Å²) in [5.74, 6) is -0.420. The highest BCUT2D eigenvalue weighted by Gasteiger charge is 2.05. The zero-order chi connectivity index (χ0) is 18.8. The van der Waals surface area contributed by atoms with Gasteiger partial charge in [-0.2, -0.15) is 0 Å². The van der Waals surface area contributed by atoms with E-state index in [4.69, 9.17) is 9.47 Å². The lowest BCUT2D eigenvalue weighted by Crippen LogP contribution is -2.04. The van der Waals surface area contributed by atoms with E-state index >= 15 is 0 Å². The van der Waals surface area contributed by atoms with E-state index in [1.807, 2.05) is 48.5 Å². The Hall–Kier alpha value is -1.66. The van der Waals surface area contributed by atoms with Crippen LogP contribution in [0.5, 0.6) is 0 Å². The van der Waals surface area contributed by atoms with Gasteiger partial charge in [-0.25, -0.2) is 0 Å². The normalized spacial score (nSPS) is 10.4. The summed E-state index contributed by atoms with van der Waals surface area (Å²) in [5.41, 5.74) is 4.05. The molecule has 6 heteroatoms. The fourth-order valence-electron chi connectivity index (χ4n) is 2.21. The number of hydrogen-bond donors (Lipinski definition) is 0. The second-order valence-corrected chi connectivity index (χ2v) is 7.18. The zero-order valence-electron chi connectivity index (χ0n) is 14.3. The Bertz CT molecular complexity index is 648. The van der Waals surface area contributed by atoms with Gasteiger partial charge in [0.15, 0.2) is 0 Å². The number of rotatable bonds is 9. The van der Waals surface area contributed by atoms with Crippen LogP contribution in [-0.2, 0) is 32.3 Å². The zero-order valence-corrected chi connectivity index (χ0v) is 17.4. The van der Waals surface area contributed by atoms with E-state index < -0.39 is 0 Å². The minimum Gasteiger partial charge on any atom is -0.461 e. The first-order valence-electron chi connectivity index (χ1n) is 8.24. The van der Waals surface area contributed by atoms with Crippen LogP contribution in [0, 0.1) is 0 Å². The van der Waals surface area contributed by atoms with Crippen molar-refractivity contribution < 1.29 is 19.1 Å². The first kappa shape index (κ1) is 20.6. The van der Waals surface area contributed by atoms with Gasteiger partial charge in [0, 0.05) is 10.7 Å². The molecule has 0 amide bonds. The van der Waals surface area contributed by atoms with Crippen LogP contribution < -0.4 is 0 Å². The van der Waals surface area contributed by atoms with Crippen molar-refractivity contribution in [2.24, 2.45) is 0 Å². The lowest BCUT2D eigenvalue weighted by atomic mass is 10.0. The van der Waals surface area contributed by atoms with Crippen LogP contribution in [0.3, 0.4) is 0 Å². The minimum absolute atomic E-state index is 0.210. The maximum absolute atomic E-state index is 11.4. The third-order valence-corrected chi connectivity index (χ3v) is 4.43. The van der Waals surface area contributed by atoms with Crippen LogP contribution in [0.15, 0.2) is 48.5 Å². The van der Waals surface area contributed by atoms with E-state index in [1.54, 1.807) is 0 Å². The predicted octanol–water partition coefficient (Wildman–Crippen LogP) is 5.01. The van der Waals surface area contributed by atoms with Gasteiger partial charge in [0.05, 0.1) is 12.8 Å². The van der Waals surface area contributed by atoms with Gasteiger partial charge in [-0.15, -0.1) is 0 Å². The van der Waals surface area contributed by atoms with Crippen LogP contribution in [0.25, 0.3) is 11.1 Å². The Labute approximate surface area is 170 Å². The molecule has 2 rings (SSSR count). The first-order chi connectivity index (χ1) is 12.6. The fourth-order valence-corrected chi connectivity index (χ4v) is 2.86. The molecular formula is C20H20Br2O4. The van der Waals surface area contributed by atoms with Gasteiger partial charge >= 0.3 is 11.9 Å². The number of alkyl halides is 2. The van der Waals surface area contributed by atoms with Crippen LogP contribution in [0.2, 0.25) is 0 Å². The Morgan fingerprint density at radius 2 is 1.00 bits per heavy atom. The standard InChI is InChI=1S/C20H20Br2O4/c21-11-9-19(23)25-13-15-1-5-17(6-2-15)18-7-3-16(4-8-18)14-26-20(24)10-12-22/h1-8H,9-14H2. The minimum atomic E-state index is -0.210. The van der Waals surface area contributed by atoms with Gasteiger partial charge in [-0.1, -0.05) is 80.4 Å². The molecule has 26 heavy (non-hydrogen) atoms. The Morgan fingerprint density at radius 3 is 1.31 bits per heavy atom. The highest BCUT2D eigenvalue weighted by molar-refractivity contribution is 9.09. The molecule has 0 saturated heterocycles. The molecule has 0 aliphatic carbocycles. The highest BCUT2D eigenvalue weighted by atomic mass is 79.9. The smallest absolute Gasteiger partial charge is 0.306 e. The van der Waals surface area contributed by atoms with Crippen molar-refractivity contribution in [2.45, 2.75) is 26.1 Å². The van der Waals surface area contributed by atoms with Gasteiger partial charge in [0.2, 0.25) is 0 Å². The molecule has 0 aromatic heterocycles. The van der Waals surface area contributed by atoms with Crippen LogP contribution in [0.1, 0.15) is 24.0 Å². The molecule has 138 valence electrons. The second kappa shape index (κ2) is 11.1. The SMILES string of the molecule is O=C(CCBr)OCc1ccc(-c2ccc(COC(=O)CCBr)cc2)cc1. The van der Waals surface area contributed by atoms with Gasteiger partial charge in [0.25, 0.3) is 0 Å². The van der Waals surface area contributed by atoms with Crippen molar-refractivity contribution >= 4 is 43.8 Å². The molecular weight excluding hydrogens is 464 g/mol. The summed E-state index contributed by atoms with van der Waals surface area (Å²) in [6.07, 6.45) is 0.742. The van der Waals surface area contributed by atoms with Crippen LogP contribution in [-0.4, -0.2) is 22.6 Å². The number of esters is 2. The molecule has 0 heterocycles. The van der Waals surface area contributed by atoms with Gasteiger partial charge in [0.1, 0.15) is 13.2 Å². The molecule has 0 unspecified atom stereocenters. The maximum atomic E-state index is 11.4. The molecule has 0 aliphatic rings. The first-order valence-corrected chi connectivity index (χ1v) is 10.5. The summed E-state index contributed by atoms with van der Waals surface area (Å²) in [6.45, 7) is 0.565. The Kier molecular flexibility index (Phi) is 8.85. The van der Waals surface area contributed by atoms with Crippen molar-refractivity contribution in [2.75, 3.05) is 10.7 Å². The number of ether oxygens (including phenoxy) is 2. The van der Waals surface area contributed by atoms with E-state index in [0.717, 1.165) is 22.3 Å². The van der Waals surface area contributed by atoms with E-state index in [0.29, 0.717) is 23.5 Å².